The van der Waals surface area contributed by atoms with Crippen LogP contribution in [0.15, 0.2) is 29.6 Å². The summed E-state index contributed by atoms with van der Waals surface area (Å²) in [5, 5.41) is 3.38. The number of thiophene rings is 1. The highest BCUT2D eigenvalue weighted by atomic mass is 35.5. The van der Waals surface area contributed by atoms with E-state index in [2.05, 4.69) is 25.3 Å². The Balaban J connectivity index is 2.04. The number of benzene rings is 1. The molecule has 0 bridgehead atoms. The van der Waals surface area contributed by atoms with Gasteiger partial charge in [0.25, 0.3) is 0 Å². The predicted molar refractivity (Wildman–Crippen MR) is 109 cm³/mol. The molecule has 136 valence electrons. The summed E-state index contributed by atoms with van der Waals surface area (Å²) in [5.74, 6) is 0.228. The van der Waals surface area contributed by atoms with Crippen LogP contribution in [0, 0.1) is 6.92 Å². The van der Waals surface area contributed by atoms with Crippen molar-refractivity contribution in [2.75, 3.05) is 6.54 Å². The quantitative estimate of drug-likeness (QED) is 0.441. The number of carbonyl (C=O) groups excluding carboxylic acids is 1. The van der Waals surface area contributed by atoms with Gasteiger partial charge in [-0.25, -0.2) is 0 Å². The van der Waals surface area contributed by atoms with E-state index in [9.17, 15) is 4.79 Å². The van der Waals surface area contributed by atoms with E-state index in [1.165, 1.54) is 10.4 Å². The van der Waals surface area contributed by atoms with Crippen molar-refractivity contribution < 1.29 is 4.79 Å². The van der Waals surface area contributed by atoms with E-state index in [0.29, 0.717) is 29.6 Å². The highest BCUT2D eigenvalue weighted by Gasteiger charge is 2.16. The molecule has 0 aliphatic heterocycles. The minimum atomic E-state index is 0.228. The number of halogens is 2. The third-order valence-corrected chi connectivity index (χ3v) is 5.91. The molecule has 2 aromatic rings. The highest BCUT2D eigenvalue weighted by molar-refractivity contribution is 7.10. The molecule has 0 saturated carbocycles. The Labute approximate surface area is 164 Å². The van der Waals surface area contributed by atoms with Crippen molar-refractivity contribution in [2.24, 2.45) is 0 Å². The molecule has 1 aromatic heterocycles. The largest absolute Gasteiger partial charge is 0.337 e. The van der Waals surface area contributed by atoms with Gasteiger partial charge in [0, 0.05) is 27.9 Å². The van der Waals surface area contributed by atoms with Gasteiger partial charge >= 0.3 is 0 Å². The van der Waals surface area contributed by atoms with Crippen LogP contribution in [0.5, 0.6) is 0 Å². The average molecular weight is 398 g/mol. The van der Waals surface area contributed by atoms with Crippen molar-refractivity contribution in [1.82, 2.24) is 4.90 Å². The fraction of sp³-hybridized carbons (Fsp3) is 0.450. The molecule has 1 aromatic carbocycles. The first-order valence-electron chi connectivity index (χ1n) is 8.76. The Hall–Kier alpha value is -1.03. The molecule has 2 nitrogen and oxygen atoms in total. The van der Waals surface area contributed by atoms with Crippen LogP contribution >= 0.6 is 34.5 Å². The summed E-state index contributed by atoms with van der Waals surface area (Å²) in [6.45, 7) is 5.60. The second-order valence-corrected chi connectivity index (χ2v) is 8.13. The molecule has 5 heteroatoms. The number of nitrogens with zero attached hydrogens (tertiary/aromatic N) is 1. The maximum atomic E-state index is 12.7. The molecule has 0 saturated heterocycles. The van der Waals surface area contributed by atoms with Gasteiger partial charge in [-0.05, 0) is 54.5 Å². The number of hydrogen-bond acceptors (Lipinski definition) is 2. The monoisotopic (exact) mass is 397 g/mol. The van der Waals surface area contributed by atoms with Gasteiger partial charge in [-0.2, -0.15) is 0 Å². The van der Waals surface area contributed by atoms with Gasteiger partial charge in [-0.15, -0.1) is 11.3 Å². The maximum absolute atomic E-state index is 12.7. The number of carbonyl (C=O) groups is 1. The van der Waals surface area contributed by atoms with E-state index in [1.54, 1.807) is 17.4 Å². The Bertz CT molecular complexity index is 699. The fourth-order valence-electron chi connectivity index (χ4n) is 2.70. The minimum Gasteiger partial charge on any atom is -0.337 e. The SMILES string of the molecule is CCCCCC(=O)N(CCc1ccc(Cl)cc1Cl)Cc1sccc1C. The van der Waals surface area contributed by atoms with Crippen LogP contribution in [0.3, 0.4) is 0 Å². The third kappa shape index (κ3) is 6.32. The van der Waals surface area contributed by atoms with E-state index in [0.717, 1.165) is 31.2 Å². The van der Waals surface area contributed by atoms with Crippen LogP contribution in [-0.4, -0.2) is 17.4 Å². The minimum absolute atomic E-state index is 0.228. The van der Waals surface area contributed by atoms with Crippen LogP contribution in [-0.2, 0) is 17.8 Å². The molecule has 0 atom stereocenters. The lowest BCUT2D eigenvalue weighted by Gasteiger charge is -2.23. The molecule has 0 aliphatic rings. The molecule has 0 aliphatic carbocycles. The smallest absolute Gasteiger partial charge is 0.222 e. The number of rotatable bonds is 9. The van der Waals surface area contributed by atoms with Gasteiger partial charge in [0.2, 0.25) is 5.91 Å². The van der Waals surface area contributed by atoms with Gasteiger partial charge in [0.15, 0.2) is 0 Å². The lowest BCUT2D eigenvalue weighted by atomic mass is 10.1. The molecule has 0 spiro atoms. The van der Waals surface area contributed by atoms with Crippen LogP contribution < -0.4 is 0 Å². The molecule has 0 unspecified atom stereocenters. The lowest BCUT2D eigenvalue weighted by molar-refractivity contribution is -0.131. The molecule has 1 amide bonds. The molecule has 25 heavy (non-hydrogen) atoms. The Morgan fingerprint density at radius 3 is 2.64 bits per heavy atom. The van der Waals surface area contributed by atoms with E-state index in [1.807, 2.05) is 17.0 Å². The fourth-order valence-corrected chi connectivity index (χ4v) is 4.12. The average Bonchev–Trinajstić information content (AvgIpc) is 2.97. The normalized spacial score (nSPS) is 10.9. The molecular weight excluding hydrogens is 373 g/mol. The summed E-state index contributed by atoms with van der Waals surface area (Å²) in [5.41, 5.74) is 2.28. The topological polar surface area (TPSA) is 20.3 Å². The number of amides is 1. The Morgan fingerprint density at radius 2 is 2.00 bits per heavy atom. The second kappa shape index (κ2) is 10.2. The molecule has 2 rings (SSSR count). The first kappa shape index (κ1) is 20.3. The van der Waals surface area contributed by atoms with Gasteiger partial charge in [-0.1, -0.05) is 49.0 Å². The number of hydrogen-bond donors (Lipinski definition) is 0. The van der Waals surface area contributed by atoms with Crippen LogP contribution in [0.4, 0.5) is 0 Å². The Kier molecular flexibility index (Phi) is 8.28. The molecule has 0 radical (unpaired) electrons. The van der Waals surface area contributed by atoms with Crippen LogP contribution in [0.2, 0.25) is 10.0 Å². The van der Waals surface area contributed by atoms with E-state index in [-0.39, 0.29) is 5.91 Å². The summed E-state index contributed by atoms with van der Waals surface area (Å²) in [6, 6.07) is 7.66. The zero-order chi connectivity index (χ0) is 18.2. The van der Waals surface area contributed by atoms with Crippen molar-refractivity contribution in [3.63, 3.8) is 0 Å². The van der Waals surface area contributed by atoms with Crippen molar-refractivity contribution in [3.05, 3.63) is 55.7 Å². The zero-order valence-electron chi connectivity index (χ0n) is 14.9. The number of unbranched alkanes of at least 4 members (excludes halogenated alkanes) is 2. The van der Waals surface area contributed by atoms with E-state index >= 15 is 0 Å². The summed E-state index contributed by atoms with van der Waals surface area (Å²) < 4.78 is 0. The van der Waals surface area contributed by atoms with Crippen molar-refractivity contribution in [3.8, 4) is 0 Å². The Morgan fingerprint density at radius 1 is 1.20 bits per heavy atom. The lowest BCUT2D eigenvalue weighted by Crippen LogP contribution is -2.32. The van der Waals surface area contributed by atoms with E-state index < -0.39 is 0 Å². The van der Waals surface area contributed by atoms with Gasteiger partial charge < -0.3 is 4.90 Å². The zero-order valence-corrected chi connectivity index (χ0v) is 17.2. The second-order valence-electron chi connectivity index (χ2n) is 6.28. The third-order valence-electron chi connectivity index (χ3n) is 4.32. The summed E-state index contributed by atoms with van der Waals surface area (Å²) in [4.78, 5) is 15.9. The first-order valence-corrected chi connectivity index (χ1v) is 10.4. The maximum Gasteiger partial charge on any atom is 0.222 e. The first-order chi connectivity index (χ1) is 12.0. The summed E-state index contributed by atoms with van der Waals surface area (Å²) in [6.07, 6.45) is 4.53. The van der Waals surface area contributed by atoms with Gasteiger partial charge in [0.1, 0.15) is 0 Å². The molecule has 0 fully saturated rings. The highest BCUT2D eigenvalue weighted by Crippen LogP contribution is 2.23. The standard InChI is InChI=1S/C20H25Cl2NOS/c1-3-4-5-6-20(24)23(14-19-15(2)10-12-25-19)11-9-16-7-8-17(21)13-18(16)22/h7-8,10,12-13H,3-6,9,11,14H2,1-2H3. The summed E-state index contributed by atoms with van der Waals surface area (Å²) in [7, 11) is 0. The van der Waals surface area contributed by atoms with Crippen LogP contribution in [0.1, 0.15) is 48.6 Å². The summed E-state index contributed by atoms with van der Waals surface area (Å²) >= 11 is 14.0. The number of aryl methyl sites for hydroxylation is 1. The molecule has 0 N–H and O–H groups in total. The predicted octanol–water partition coefficient (Wildman–Crippen LogP) is 6.51. The molecular formula is C20H25Cl2NOS. The van der Waals surface area contributed by atoms with Crippen LogP contribution in [0.25, 0.3) is 0 Å². The van der Waals surface area contributed by atoms with Crippen molar-refractivity contribution in [2.45, 2.75) is 52.5 Å². The van der Waals surface area contributed by atoms with Gasteiger partial charge in [0.05, 0.1) is 6.54 Å². The van der Waals surface area contributed by atoms with Gasteiger partial charge in [-0.3, -0.25) is 4.79 Å². The molecule has 1 heterocycles. The van der Waals surface area contributed by atoms with Crippen molar-refractivity contribution in [1.29, 1.82) is 0 Å². The van der Waals surface area contributed by atoms with E-state index in [4.69, 9.17) is 23.2 Å². The van der Waals surface area contributed by atoms with Crippen molar-refractivity contribution >= 4 is 40.4 Å².